The van der Waals surface area contributed by atoms with Crippen LogP contribution in [0.1, 0.15) is 50.3 Å². The minimum atomic E-state index is -1.46. The molecule has 0 aliphatic heterocycles. The van der Waals surface area contributed by atoms with Crippen molar-refractivity contribution in [3.05, 3.63) is 64.5 Å². The molecule has 0 spiro atoms. The van der Waals surface area contributed by atoms with Gasteiger partial charge in [0.05, 0.1) is 12.4 Å². The Kier molecular flexibility index (Phi) is 5.09. The van der Waals surface area contributed by atoms with Crippen molar-refractivity contribution in [2.24, 2.45) is 0 Å². The number of allylic oxidation sites excluding steroid dienone is 1. The van der Waals surface area contributed by atoms with Crippen molar-refractivity contribution < 1.29 is 4.74 Å². The summed E-state index contributed by atoms with van der Waals surface area (Å²) in [5.41, 5.74) is 4.36. The predicted molar refractivity (Wildman–Crippen MR) is 130 cm³/mol. The number of nitrogens with one attached hydrogen (secondary N) is 1. The fraction of sp³-hybridized carbons (Fsp3) is 0.360. The van der Waals surface area contributed by atoms with Crippen LogP contribution in [0.15, 0.2) is 59.0 Å². The minimum Gasteiger partial charge on any atom is -0.496 e. The standard InChI is InChI=1S/C25H31NOS2/c1-16-17(2)24(23-22(16)18-12-8-10-14-20(18)28-23)29(7,26-25(3,4)5)21-15-11-9-13-19(21)27-6/h8-15,24,26H,1-7H3. The molecule has 154 valence electrons. The molecule has 4 heteroatoms. The van der Waals surface area contributed by atoms with Crippen LogP contribution in [-0.2, 0) is 0 Å². The van der Waals surface area contributed by atoms with Crippen LogP contribution in [0.4, 0.5) is 0 Å². The van der Waals surface area contributed by atoms with Gasteiger partial charge >= 0.3 is 0 Å². The Bertz CT molecular complexity index is 1110. The molecule has 2 unspecified atom stereocenters. The molecule has 0 bridgehead atoms. The minimum absolute atomic E-state index is 0.0153. The molecule has 0 fully saturated rings. The van der Waals surface area contributed by atoms with Crippen molar-refractivity contribution >= 4 is 37.2 Å². The molecule has 2 atom stereocenters. The number of benzene rings is 2. The second-order valence-electron chi connectivity index (χ2n) is 9.01. The van der Waals surface area contributed by atoms with E-state index in [2.05, 4.69) is 94.1 Å². The first-order valence-electron chi connectivity index (χ1n) is 10.1. The van der Waals surface area contributed by atoms with Gasteiger partial charge in [-0.2, -0.15) is 0 Å². The first-order chi connectivity index (χ1) is 13.7. The quantitative estimate of drug-likeness (QED) is 0.466. The smallest absolute Gasteiger partial charge is 0.132 e. The first kappa shape index (κ1) is 20.5. The molecular weight excluding hydrogens is 394 g/mol. The monoisotopic (exact) mass is 425 g/mol. The van der Waals surface area contributed by atoms with E-state index >= 15 is 0 Å². The lowest BCUT2D eigenvalue weighted by Crippen LogP contribution is -2.40. The number of hydrogen-bond acceptors (Lipinski definition) is 3. The number of hydrogen-bond donors (Lipinski definition) is 1. The van der Waals surface area contributed by atoms with Crippen LogP contribution in [0.5, 0.6) is 5.75 Å². The second kappa shape index (κ2) is 7.19. The maximum absolute atomic E-state index is 5.84. The normalized spacial score (nSPS) is 19.9. The van der Waals surface area contributed by atoms with Crippen LogP contribution in [0.2, 0.25) is 0 Å². The molecule has 1 aliphatic rings. The molecule has 1 heterocycles. The van der Waals surface area contributed by atoms with Gasteiger partial charge in [0, 0.05) is 31.0 Å². The van der Waals surface area contributed by atoms with E-state index in [1.165, 1.54) is 36.6 Å². The van der Waals surface area contributed by atoms with Crippen LogP contribution in [-0.4, -0.2) is 18.9 Å². The zero-order valence-corrected chi connectivity index (χ0v) is 20.1. The van der Waals surface area contributed by atoms with E-state index in [4.69, 9.17) is 4.74 Å². The van der Waals surface area contributed by atoms with Crippen molar-refractivity contribution in [3.63, 3.8) is 0 Å². The molecule has 2 nitrogen and oxygen atoms in total. The summed E-state index contributed by atoms with van der Waals surface area (Å²) in [6, 6.07) is 17.4. The molecule has 29 heavy (non-hydrogen) atoms. The van der Waals surface area contributed by atoms with E-state index in [1.54, 1.807) is 7.11 Å². The molecular formula is C25H31NOS2. The molecule has 4 rings (SSSR count). The summed E-state index contributed by atoms with van der Waals surface area (Å²) in [4.78, 5) is 2.79. The molecule has 1 N–H and O–H groups in total. The largest absolute Gasteiger partial charge is 0.496 e. The van der Waals surface area contributed by atoms with Gasteiger partial charge in [-0.25, -0.2) is 0 Å². The van der Waals surface area contributed by atoms with Gasteiger partial charge in [-0.3, -0.25) is 4.72 Å². The summed E-state index contributed by atoms with van der Waals surface area (Å²) in [6.45, 7) is 11.4. The predicted octanol–water partition coefficient (Wildman–Crippen LogP) is 7.55. The Hall–Kier alpha value is -1.75. The molecule has 0 saturated carbocycles. The zero-order valence-electron chi connectivity index (χ0n) is 18.4. The summed E-state index contributed by atoms with van der Waals surface area (Å²) in [7, 11) is 0.319. The second-order valence-corrected chi connectivity index (χ2v) is 13.2. The third-order valence-corrected chi connectivity index (χ3v) is 10.9. The van der Waals surface area contributed by atoms with E-state index in [-0.39, 0.29) is 5.54 Å². The van der Waals surface area contributed by atoms with Gasteiger partial charge in [-0.1, -0.05) is 35.9 Å². The molecule has 0 amide bonds. The fourth-order valence-corrected chi connectivity index (χ4v) is 10.8. The van der Waals surface area contributed by atoms with E-state index in [9.17, 15) is 0 Å². The molecule has 3 aromatic rings. The van der Waals surface area contributed by atoms with E-state index in [1.807, 2.05) is 11.3 Å². The fourth-order valence-electron chi connectivity index (χ4n) is 4.64. The molecule has 1 aliphatic carbocycles. The molecule has 1 aromatic heterocycles. The summed E-state index contributed by atoms with van der Waals surface area (Å²) < 4.78 is 11.3. The van der Waals surface area contributed by atoms with Crippen molar-refractivity contribution in [1.29, 1.82) is 0 Å². The Morgan fingerprint density at radius 2 is 1.66 bits per heavy atom. The SMILES string of the molecule is COc1ccccc1S(C)(NC(C)(C)C)C1C(C)=C(C)c2c1sc1ccccc21. The molecule has 2 aromatic carbocycles. The number of methoxy groups -OCH3 is 1. The van der Waals surface area contributed by atoms with Gasteiger partial charge in [0.2, 0.25) is 0 Å². The maximum atomic E-state index is 5.84. The van der Waals surface area contributed by atoms with Crippen molar-refractivity contribution in [1.82, 2.24) is 4.72 Å². The summed E-state index contributed by atoms with van der Waals surface area (Å²) in [6.07, 6.45) is 2.43. The van der Waals surface area contributed by atoms with Gasteiger partial charge in [0.15, 0.2) is 0 Å². The average Bonchev–Trinajstić information content (AvgIpc) is 3.15. The highest BCUT2D eigenvalue weighted by Crippen LogP contribution is 2.70. The highest BCUT2D eigenvalue weighted by molar-refractivity contribution is 8.32. The Morgan fingerprint density at radius 3 is 2.34 bits per heavy atom. The van der Waals surface area contributed by atoms with Crippen LogP contribution < -0.4 is 9.46 Å². The Balaban J connectivity index is 2.00. The van der Waals surface area contributed by atoms with Gasteiger partial charge in [-0.05, 0) is 64.6 Å². The number of para-hydroxylation sites is 1. The van der Waals surface area contributed by atoms with Crippen molar-refractivity contribution in [3.8, 4) is 5.75 Å². The topological polar surface area (TPSA) is 21.3 Å². The first-order valence-corrected chi connectivity index (χ1v) is 13.0. The van der Waals surface area contributed by atoms with E-state index in [0.29, 0.717) is 5.25 Å². The van der Waals surface area contributed by atoms with Gasteiger partial charge < -0.3 is 4.74 Å². The van der Waals surface area contributed by atoms with Crippen molar-refractivity contribution in [2.75, 3.05) is 13.4 Å². The lowest BCUT2D eigenvalue weighted by atomic mass is 10.1. The number of rotatable bonds is 4. The van der Waals surface area contributed by atoms with Crippen LogP contribution in [0, 0.1) is 0 Å². The molecule has 0 radical (unpaired) electrons. The Morgan fingerprint density at radius 1 is 1.00 bits per heavy atom. The summed E-state index contributed by atoms with van der Waals surface area (Å²) in [5, 5.41) is 1.73. The third kappa shape index (κ3) is 3.31. The van der Waals surface area contributed by atoms with Crippen LogP contribution in [0.3, 0.4) is 0 Å². The van der Waals surface area contributed by atoms with Gasteiger partial charge in [-0.15, -0.1) is 21.6 Å². The average molecular weight is 426 g/mol. The zero-order chi connectivity index (χ0) is 21.0. The highest BCUT2D eigenvalue weighted by atomic mass is 32.3. The molecule has 0 saturated heterocycles. The number of fused-ring (bicyclic) bond motifs is 3. The van der Waals surface area contributed by atoms with Crippen LogP contribution in [0.25, 0.3) is 15.7 Å². The van der Waals surface area contributed by atoms with Crippen LogP contribution >= 0.6 is 21.6 Å². The van der Waals surface area contributed by atoms with E-state index < -0.39 is 10.2 Å². The maximum Gasteiger partial charge on any atom is 0.132 e. The number of ether oxygens (including phenoxy) is 1. The lowest BCUT2D eigenvalue weighted by molar-refractivity contribution is 0.403. The van der Waals surface area contributed by atoms with E-state index in [0.717, 1.165) is 5.75 Å². The summed E-state index contributed by atoms with van der Waals surface area (Å²) >= 11 is 1.96. The van der Waals surface area contributed by atoms with Gasteiger partial charge in [0.1, 0.15) is 5.75 Å². The summed E-state index contributed by atoms with van der Waals surface area (Å²) in [5.74, 6) is 0.974. The number of thiophene rings is 1. The lowest BCUT2D eigenvalue weighted by Gasteiger charge is -2.48. The highest BCUT2D eigenvalue weighted by Gasteiger charge is 2.43. The Labute approximate surface area is 180 Å². The van der Waals surface area contributed by atoms with Gasteiger partial charge in [0.25, 0.3) is 0 Å². The third-order valence-electron chi connectivity index (χ3n) is 5.74. The van der Waals surface area contributed by atoms with Crippen molar-refractivity contribution in [2.45, 2.75) is 50.3 Å².